The summed E-state index contributed by atoms with van der Waals surface area (Å²) in [7, 11) is 2.89. The predicted molar refractivity (Wildman–Crippen MR) is 99.9 cm³/mol. The number of thiazole rings is 1. The molecule has 2 aromatic carbocycles. The van der Waals surface area contributed by atoms with Gasteiger partial charge in [-0.15, -0.1) is 11.3 Å². The highest BCUT2D eigenvalue weighted by atomic mass is 32.1. The maximum atomic E-state index is 12.9. The zero-order valence-electron chi connectivity index (χ0n) is 14.4. The van der Waals surface area contributed by atoms with Gasteiger partial charge in [0, 0.05) is 10.9 Å². The lowest BCUT2D eigenvalue weighted by Crippen LogP contribution is -2.29. The first-order chi connectivity index (χ1) is 13.0. The van der Waals surface area contributed by atoms with Gasteiger partial charge in [0.1, 0.15) is 5.75 Å². The van der Waals surface area contributed by atoms with Crippen LogP contribution in [0.1, 0.15) is 20.7 Å². The minimum Gasteiger partial charge on any atom is -0.508 e. The zero-order valence-corrected chi connectivity index (χ0v) is 15.2. The number of hydrogen-bond donors (Lipinski definition) is 1. The van der Waals surface area contributed by atoms with Gasteiger partial charge in [0.05, 0.1) is 31.0 Å². The number of phenolic OH excluding ortho intramolecular Hbond substituents is 1. The Hall–Kier alpha value is -3.39. The Morgan fingerprint density at radius 2 is 1.74 bits per heavy atom. The van der Waals surface area contributed by atoms with E-state index in [1.54, 1.807) is 41.8 Å². The summed E-state index contributed by atoms with van der Waals surface area (Å²) in [6.07, 6.45) is 0. The van der Waals surface area contributed by atoms with Gasteiger partial charge in [0.2, 0.25) is 0 Å². The topological polar surface area (TPSA) is 89.0 Å². The Morgan fingerprint density at radius 1 is 1.00 bits per heavy atom. The van der Waals surface area contributed by atoms with Crippen molar-refractivity contribution in [2.24, 2.45) is 0 Å². The van der Waals surface area contributed by atoms with E-state index in [1.165, 1.54) is 25.6 Å². The number of nitrogens with zero attached hydrogens (tertiary/aromatic N) is 2. The number of benzene rings is 2. The van der Waals surface area contributed by atoms with Gasteiger partial charge in [0.15, 0.2) is 16.6 Å². The summed E-state index contributed by atoms with van der Waals surface area (Å²) in [5, 5.41) is 11.4. The Balaban J connectivity index is 1.75. The standard InChI is InChI=1S/C19H14N2O5S/c1-25-14-8-7-12-15(16(14)26-2)18(24)21(17(12)23)19-20-13(9-27-19)10-3-5-11(22)6-4-10/h3-9,22H,1-2H3. The highest BCUT2D eigenvalue weighted by Crippen LogP contribution is 2.41. The third-order valence-electron chi connectivity index (χ3n) is 4.24. The second-order valence-electron chi connectivity index (χ2n) is 5.73. The fraction of sp³-hybridized carbons (Fsp3) is 0.105. The van der Waals surface area contributed by atoms with Crippen LogP contribution in [0.3, 0.4) is 0 Å². The largest absolute Gasteiger partial charge is 0.508 e. The van der Waals surface area contributed by atoms with Crippen molar-refractivity contribution in [2.75, 3.05) is 19.1 Å². The first-order valence-corrected chi connectivity index (χ1v) is 8.81. The van der Waals surface area contributed by atoms with E-state index in [0.29, 0.717) is 11.4 Å². The molecule has 0 unspecified atom stereocenters. The van der Waals surface area contributed by atoms with Crippen molar-refractivity contribution in [3.05, 3.63) is 52.9 Å². The van der Waals surface area contributed by atoms with E-state index in [2.05, 4.69) is 4.98 Å². The molecule has 0 atom stereocenters. The van der Waals surface area contributed by atoms with Crippen LogP contribution in [0.4, 0.5) is 5.13 Å². The molecule has 0 saturated heterocycles. The number of hydrogen-bond acceptors (Lipinski definition) is 7. The number of anilines is 1. The van der Waals surface area contributed by atoms with Crippen LogP contribution < -0.4 is 14.4 Å². The average Bonchev–Trinajstić information content (AvgIpc) is 3.25. The molecular weight excluding hydrogens is 368 g/mol. The molecule has 1 aliphatic heterocycles. The van der Waals surface area contributed by atoms with Crippen molar-refractivity contribution < 1.29 is 24.2 Å². The Kier molecular flexibility index (Phi) is 4.04. The normalized spacial score (nSPS) is 13.0. The van der Waals surface area contributed by atoms with Crippen LogP contribution in [0.2, 0.25) is 0 Å². The van der Waals surface area contributed by atoms with Gasteiger partial charge in [0.25, 0.3) is 11.8 Å². The summed E-state index contributed by atoms with van der Waals surface area (Å²) in [6, 6.07) is 9.66. The van der Waals surface area contributed by atoms with Gasteiger partial charge in [-0.25, -0.2) is 9.88 Å². The number of methoxy groups -OCH3 is 2. The molecule has 0 bridgehead atoms. The number of carbonyl (C=O) groups excluding carboxylic acids is 2. The molecule has 0 aliphatic carbocycles. The molecule has 136 valence electrons. The van der Waals surface area contributed by atoms with Crippen molar-refractivity contribution in [2.45, 2.75) is 0 Å². The van der Waals surface area contributed by atoms with E-state index in [4.69, 9.17) is 9.47 Å². The highest BCUT2D eigenvalue weighted by molar-refractivity contribution is 7.14. The van der Waals surface area contributed by atoms with Crippen molar-refractivity contribution >= 4 is 28.3 Å². The van der Waals surface area contributed by atoms with E-state index in [-0.39, 0.29) is 27.8 Å². The average molecular weight is 382 g/mol. The first-order valence-electron chi connectivity index (χ1n) is 7.94. The van der Waals surface area contributed by atoms with Crippen molar-refractivity contribution in [3.63, 3.8) is 0 Å². The molecule has 1 N–H and O–H groups in total. The molecule has 0 radical (unpaired) electrons. The Bertz CT molecular complexity index is 1060. The molecular formula is C19H14N2O5S. The number of ether oxygens (including phenoxy) is 2. The van der Waals surface area contributed by atoms with Crippen molar-refractivity contribution in [1.29, 1.82) is 0 Å². The lowest BCUT2D eigenvalue weighted by Gasteiger charge is -2.11. The van der Waals surface area contributed by atoms with Crippen LogP contribution in [-0.4, -0.2) is 36.1 Å². The fourth-order valence-corrected chi connectivity index (χ4v) is 3.78. The monoisotopic (exact) mass is 382 g/mol. The van der Waals surface area contributed by atoms with E-state index in [1.807, 2.05) is 0 Å². The zero-order chi connectivity index (χ0) is 19.1. The third kappa shape index (κ3) is 2.61. The molecule has 3 aromatic rings. The second-order valence-corrected chi connectivity index (χ2v) is 6.57. The lowest BCUT2D eigenvalue weighted by molar-refractivity contribution is 0.0925. The lowest BCUT2D eigenvalue weighted by atomic mass is 10.1. The molecule has 0 fully saturated rings. The fourth-order valence-electron chi connectivity index (χ4n) is 2.95. The van der Waals surface area contributed by atoms with Gasteiger partial charge in [-0.05, 0) is 36.4 Å². The summed E-state index contributed by atoms with van der Waals surface area (Å²) in [6.45, 7) is 0. The van der Waals surface area contributed by atoms with Crippen LogP contribution in [-0.2, 0) is 0 Å². The third-order valence-corrected chi connectivity index (χ3v) is 5.07. The number of phenols is 1. The van der Waals surface area contributed by atoms with Crippen molar-refractivity contribution in [1.82, 2.24) is 4.98 Å². The molecule has 2 amide bonds. The summed E-state index contributed by atoms with van der Waals surface area (Å²) in [5.74, 6) is -0.204. The highest BCUT2D eigenvalue weighted by Gasteiger charge is 2.41. The predicted octanol–water partition coefficient (Wildman–Crippen LogP) is 3.33. The van der Waals surface area contributed by atoms with Crippen LogP contribution in [0, 0.1) is 0 Å². The number of fused-ring (bicyclic) bond motifs is 1. The molecule has 1 aliphatic rings. The summed E-state index contributed by atoms with van der Waals surface area (Å²) < 4.78 is 10.5. The Labute approximate surface area is 158 Å². The minimum absolute atomic E-state index is 0.149. The smallest absolute Gasteiger partial charge is 0.271 e. The molecule has 2 heterocycles. The quantitative estimate of drug-likeness (QED) is 0.696. The van der Waals surface area contributed by atoms with E-state index in [0.717, 1.165) is 10.5 Å². The minimum atomic E-state index is -0.502. The maximum absolute atomic E-state index is 12.9. The Morgan fingerprint density at radius 3 is 2.41 bits per heavy atom. The number of rotatable bonds is 4. The van der Waals surface area contributed by atoms with E-state index < -0.39 is 11.8 Å². The number of aromatic nitrogens is 1. The molecule has 0 saturated carbocycles. The molecule has 1 aromatic heterocycles. The van der Waals surface area contributed by atoms with E-state index in [9.17, 15) is 14.7 Å². The molecule has 27 heavy (non-hydrogen) atoms. The molecule has 8 heteroatoms. The van der Waals surface area contributed by atoms with Gasteiger partial charge in [-0.2, -0.15) is 0 Å². The van der Waals surface area contributed by atoms with Crippen molar-refractivity contribution in [3.8, 4) is 28.5 Å². The molecule has 0 spiro atoms. The first kappa shape index (κ1) is 17.0. The van der Waals surface area contributed by atoms with Gasteiger partial charge < -0.3 is 14.6 Å². The van der Waals surface area contributed by atoms with Crippen LogP contribution in [0.5, 0.6) is 17.2 Å². The van der Waals surface area contributed by atoms with E-state index >= 15 is 0 Å². The maximum Gasteiger partial charge on any atom is 0.271 e. The number of carbonyl (C=O) groups is 2. The summed E-state index contributed by atoms with van der Waals surface area (Å²) in [5.41, 5.74) is 1.80. The van der Waals surface area contributed by atoms with Crippen LogP contribution >= 0.6 is 11.3 Å². The summed E-state index contributed by atoms with van der Waals surface area (Å²) in [4.78, 5) is 31.2. The van der Waals surface area contributed by atoms with Gasteiger partial charge in [-0.3, -0.25) is 9.59 Å². The number of amides is 2. The number of imide groups is 1. The molecule has 7 nitrogen and oxygen atoms in total. The SMILES string of the molecule is COc1ccc2c(c1OC)C(=O)N(c1nc(-c3ccc(O)cc3)cs1)C2=O. The number of aromatic hydroxyl groups is 1. The van der Waals surface area contributed by atoms with Crippen LogP contribution in [0.25, 0.3) is 11.3 Å². The second kappa shape index (κ2) is 6.40. The van der Waals surface area contributed by atoms with Gasteiger partial charge >= 0.3 is 0 Å². The molecule has 4 rings (SSSR count). The van der Waals surface area contributed by atoms with Crippen LogP contribution in [0.15, 0.2) is 41.8 Å². The van der Waals surface area contributed by atoms with Gasteiger partial charge in [-0.1, -0.05) is 0 Å². The summed E-state index contributed by atoms with van der Waals surface area (Å²) >= 11 is 1.19.